The molecule has 0 aliphatic carbocycles. The number of aromatic nitrogens is 1. The van der Waals surface area contributed by atoms with E-state index in [-0.39, 0.29) is 11.5 Å². The Morgan fingerprint density at radius 2 is 1.92 bits per heavy atom. The van der Waals surface area contributed by atoms with Gasteiger partial charge in [0.1, 0.15) is 17.5 Å². The molecular weight excluding hydrogens is 340 g/mol. The first-order valence-corrected chi connectivity index (χ1v) is 8.46. The maximum atomic E-state index is 12.6. The molecule has 1 aromatic heterocycles. The van der Waals surface area contributed by atoms with Gasteiger partial charge in [0.15, 0.2) is 0 Å². The second kappa shape index (κ2) is 6.98. The first-order chi connectivity index (χ1) is 12.0. The SMILES string of the molecule is COc1ccc(NC(=O)[C@@H](C)n2sc3ccccc3c2=O)c(OC)c1. The quantitative estimate of drug-likeness (QED) is 0.760. The van der Waals surface area contributed by atoms with Crippen molar-refractivity contribution in [3.63, 3.8) is 0 Å². The van der Waals surface area contributed by atoms with E-state index in [0.29, 0.717) is 22.6 Å². The third kappa shape index (κ3) is 3.23. The van der Waals surface area contributed by atoms with Crippen LogP contribution in [0.15, 0.2) is 47.3 Å². The molecule has 7 heteroatoms. The molecule has 0 saturated heterocycles. The largest absolute Gasteiger partial charge is 0.497 e. The van der Waals surface area contributed by atoms with Gasteiger partial charge >= 0.3 is 0 Å². The number of hydrogen-bond acceptors (Lipinski definition) is 5. The summed E-state index contributed by atoms with van der Waals surface area (Å²) in [6.45, 7) is 1.70. The lowest BCUT2D eigenvalue weighted by atomic mass is 10.2. The van der Waals surface area contributed by atoms with Crippen molar-refractivity contribution in [1.82, 2.24) is 3.96 Å². The molecule has 0 bridgehead atoms. The molecule has 1 heterocycles. The third-order valence-electron chi connectivity index (χ3n) is 3.91. The van der Waals surface area contributed by atoms with Crippen LogP contribution in [0.3, 0.4) is 0 Å². The van der Waals surface area contributed by atoms with Crippen molar-refractivity contribution in [2.45, 2.75) is 13.0 Å². The number of nitrogens with zero attached hydrogens (tertiary/aromatic N) is 1. The first kappa shape index (κ1) is 17.0. The topological polar surface area (TPSA) is 69.6 Å². The van der Waals surface area contributed by atoms with E-state index in [2.05, 4.69) is 5.32 Å². The van der Waals surface area contributed by atoms with Crippen LogP contribution in [0.2, 0.25) is 0 Å². The minimum atomic E-state index is -0.642. The van der Waals surface area contributed by atoms with Crippen LogP contribution in [0.5, 0.6) is 11.5 Å². The molecule has 0 radical (unpaired) electrons. The number of hydrogen-bond donors (Lipinski definition) is 1. The number of anilines is 1. The average molecular weight is 358 g/mol. The zero-order chi connectivity index (χ0) is 18.0. The number of methoxy groups -OCH3 is 2. The minimum absolute atomic E-state index is 0.162. The van der Waals surface area contributed by atoms with Crippen LogP contribution in [0.4, 0.5) is 5.69 Å². The maximum Gasteiger partial charge on any atom is 0.269 e. The summed E-state index contributed by atoms with van der Waals surface area (Å²) < 4.78 is 12.8. The summed E-state index contributed by atoms with van der Waals surface area (Å²) in [5.41, 5.74) is 0.360. The molecule has 1 amide bonds. The van der Waals surface area contributed by atoms with E-state index >= 15 is 0 Å². The van der Waals surface area contributed by atoms with Gasteiger partial charge in [0.2, 0.25) is 5.91 Å². The molecule has 3 aromatic rings. The van der Waals surface area contributed by atoms with Gasteiger partial charge in [-0.05, 0) is 31.2 Å². The Morgan fingerprint density at radius 1 is 1.16 bits per heavy atom. The number of ether oxygens (including phenoxy) is 2. The van der Waals surface area contributed by atoms with E-state index in [1.54, 1.807) is 38.3 Å². The number of rotatable bonds is 5. The molecule has 6 nitrogen and oxygen atoms in total. The predicted octanol–water partition coefficient (Wildman–Crippen LogP) is 3.28. The second-order valence-electron chi connectivity index (χ2n) is 5.45. The molecule has 130 valence electrons. The van der Waals surface area contributed by atoms with Crippen molar-refractivity contribution in [3.05, 3.63) is 52.8 Å². The van der Waals surface area contributed by atoms with E-state index in [1.165, 1.54) is 22.6 Å². The number of benzene rings is 2. The highest BCUT2D eigenvalue weighted by Gasteiger charge is 2.21. The molecule has 0 aliphatic heterocycles. The zero-order valence-corrected chi connectivity index (χ0v) is 14.9. The van der Waals surface area contributed by atoms with Crippen LogP contribution >= 0.6 is 11.5 Å². The van der Waals surface area contributed by atoms with Crippen LogP contribution < -0.4 is 20.3 Å². The number of carbonyl (C=O) groups excluding carboxylic acids is 1. The maximum absolute atomic E-state index is 12.6. The van der Waals surface area contributed by atoms with Crippen LogP contribution in [0.1, 0.15) is 13.0 Å². The zero-order valence-electron chi connectivity index (χ0n) is 14.1. The summed E-state index contributed by atoms with van der Waals surface area (Å²) in [4.78, 5) is 25.1. The van der Waals surface area contributed by atoms with Crippen LogP contribution in [-0.4, -0.2) is 24.1 Å². The lowest BCUT2D eigenvalue weighted by Gasteiger charge is -2.15. The van der Waals surface area contributed by atoms with Gasteiger partial charge in [0.25, 0.3) is 5.56 Å². The van der Waals surface area contributed by atoms with E-state index in [4.69, 9.17) is 9.47 Å². The molecule has 25 heavy (non-hydrogen) atoms. The van der Waals surface area contributed by atoms with Crippen molar-refractivity contribution in [2.75, 3.05) is 19.5 Å². The molecule has 2 aromatic carbocycles. The van der Waals surface area contributed by atoms with Gasteiger partial charge in [-0.2, -0.15) is 0 Å². The fourth-order valence-electron chi connectivity index (χ4n) is 2.49. The highest BCUT2D eigenvalue weighted by molar-refractivity contribution is 7.14. The van der Waals surface area contributed by atoms with Gasteiger partial charge in [-0.25, -0.2) is 0 Å². The van der Waals surface area contributed by atoms with Crippen LogP contribution in [0.25, 0.3) is 10.1 Å². The van der Waals surface area contributed by atoms with Crippen LogP contribution in [-0.2, 0) is 4.79 Å². The average Bonchev–Trinajstić information content (AvgIpc) is 2.98. The van der Waals surface area contributed by atoms with E-state index in [9.17, 15) is 9.59 Å². The lowest BCUT2D eigenvalue weighted by Crippen LogP contribution is -2.28. The Labute approximate surface area is 148 Å². The second-order valence-corrected chi connectivity index (χ2v) is 6.47. The fourth-order valence-corrected chi connectivity index (χ4v) is 3.53. The summed E-state index contributed by atoms with van der Waals surface area (Å²) in [5.74, 6) is 0.823. The summed E-state index contributed by atoms with van der Waals surface area (Å²) in [6, 6.07) is 11.8. The monoisotopic (exact) mass is 358 g/mol. The molecule has 1 atom stereocenters. The highest BCUT2D eigenvalue weighted by Crippen LogP contribution is 2.30. The van der Waals surface area contributed by atoms with Gasteiger partial charge in [-0.3, -0.25) is 13.5 Å². The summed E-state index contributed by atoms with van der Waals surface area (Å²) in [5, 5.41) is 3.43. The highest BCUT2D eigenvalue weighted by atomic mass is 32.1. The van der Waals surface area contributed by atoms with E-state index in [1.807, 2.05) is 18.2 Å². The Hall–Kier alpha value is -2.80. The van der Waals surface area contributed by atoms with Gasteiger partial charge in [0, 0.05) is 6.07 Å². The minimum Gasteiger partial charge on any atom is -0.497 e. The standard InChI is InChI=1S/C18H18N2O4S/c1-11(20-18(22)13-6-4-5-7-16(13)25-20)17(21)19-14-9-8-12(23-2)10-15(14)24-3/h4-11H,1-3H3,(H,19,21)/t11-/m1/s1. The summed E-state index contributed by atoms with van der Waals surface area (Å²) >= 11 is 1.28. The van der Waals surface area contributed by atoms with Crippen molar-refractivity contribution in [3.8, 4) is 11.5 Å². The third-order valence-corrected chi connectivity index (χ3v) is 5.14. The van der Waals surface area contributed by atoms with Gasteiger partial charge in [-0.1, -0.05) is 23.7 Å². The Bertz CT molecular complexity index is 977. The number of nitrogens with one attached hydrogen (secondary N) is 1. The molecular formula is C18H18N2O4S. The van der Waals surface area contributed by atoms with Gasteiger partial charge in [-0.15, -0.1) is 0 Å². The first-order valence-electron chi connectivity index (χ1n) is 7.68. The molecule has 0 fully saturated rings. The Balaban J connectivity index is 1.88. The van der Waals surface area contributed by atoms with E-state index in [0.717, 1.165) is 4.70 Å². The normalized spacial score (nSPS) is 12.0. The number of carbonyl (C=O) groups is 1. The van der Waals surface area contributed by atoms with Gasteiger partial charge in [0.05, 0.1) is 30.0 Å². The fraction of sp³-hybridized carbons (Fsp3) is 0.222. The smallest absolute Gasteiger partial charge is 0.269 e. The summed E-state index contributed by atoms with van der Waals surface area (Å²) in [7, 11) is 3.08. The molecule has 1 N–H and O–H groups in total. The van der Waals surface area contributed by atoms with E-state index < -0.39 is 6.04 Å². The number of amides is 1. The molecule has 0 unspecified atom stereocenters. The molecule has 0 aliphatic rings. The predicted molar refractivity (Wildman–Crippen MR) is 99.0 cm³/mol. The molecule has 3 rings (SSSR count). The van der Waals surface area contributed by atoms with Gasteiger partial charge < -0.3 is 14.8 Å². The molecule has 0 saturated carbocycles. The molecule has 0 spiro atoms. The van der Waals surface area contributed by atoms with Crippen molar-refractivity contribution < 1.29 is 14.3 Å². The lowest BCUT2D eigenvalue weighted by molar-refractivity contribution is -0.118. The summed E-state index contributed by atoms with van der Waals surface area (Å²) in [6.07, 6.45) is 0. The van der Waals surface area contributed by atoms with Crippen molar-refractivity contribution in [2.24, 2.45) is 0 Å². The van der Waals surface area contributed by atoms with Crippen molar-refractivity contribution in [1.29, 1.82) is 0 Å². The van der Waals surface area contributed by atoms with Crippen molar-refractivity contribution >= 4 is 33.2 Å². The number of fused-ring (bicyclic) bond motifs is 1. The Kier molecular flexibility index (Phi) is 4.76. The Morgan fingerprint density at radius 3 is 2.60 bits per heavy atom. The van der Waals surface area contributed by atoms with Crippen LogP contribution in [0, 0.1) is 0 Å².